The fourth-order valence-corrected chi connectivity index (χ4v) is 3.00. The molecule has 4 nitrogen and oxygen atoms in total. The van der Waals surface area contributed by atoms with Crippen molar-refractivity contribution in [2.24, 2.45) is 0 Å². The Balaban J connectivity index is 2.13. The maximum Gasteiger partial charge on any atom is 0.192 e. The molecule has 0 saturated heterocycles. The molecular weight excluding hydrogens is 306 g/mol. The normalized spacial score (nSPS) is 10.8. The molecule has 1 aromatic heterocycles. The summed E-state index contributed by atoms with van der Waals surface area (Å²) >= 11 is 7.82. The number of ether oxygens (including phenoxy) is 1. The van der Waals surface area contributed by atoms with Gasteiger partial charge >= 0.3 is 0 Å². The largest absolute Gasteiger partial charge is 0.383 e. The highest BCUT2D eigenvalue weighted by Crippen LogP contribution is 2.34. The molecule has 0 atom stereocenters. The molecule has 6 heteroatoms. The highest BCUT2D eigenvalue weighted by Gasteiger charge is 2.10. The summed E-state index contributed by atoms with van der Waals surface area (Å²) in [7, 11) is 1.69. The lowest BCUT2D eigenvalue weighted by molar-refractivity contribution is 0.199. The average molecular weight is 324 g/mol. The number of benzene rings is 1. The maximum absolute atomic E-state index is 6.33. The van der Waals surface area contributed by atoms with Gasteiger partial charge in [-0.1, -0.05) is 23.7 Å². The first-order chi connectivity index (χ1) is 10.2. The van der Waals surface area contributed by atoms with E-state index in [1.54, 1.807) is 13.3 Å². The molecule has 0 aliphatic carbocycles. The fraction of sp³-hybridized carbons (Fsp3) is 0.333. The molecule has 0 saturated carbocycles. The van der Waals surface area contributed by atoms with Gasteiger partial charge < -0.3 is 10.1 Å². The third-order valence-electron chi connectivity index (χ3n) is 2.81. The highest BCUT2D eigenvalue weighted by molar-refractivity contribution is 7.99. The molecule has 0 radical (unpaired) electrons. The monoisotopic (exact) mass is 323 g/mol. The van der Waals surface area contributed by atoms with Crippen LogP contribution in [0.2, 0.25) is 5.02 Å². The minimum atomic E-state index is 0.685. The molecule has 112 valence electrons. The summed E-state index contributed by atoms with van der Waals surface area (Å²) in [4.78, 5) is 9.69. The van der Waals surface area contributed by atoms with Crippen LogP contribution in [0.5, 0.6) is 0 Å². The lowest BCUT2D eigenvalue weighted by Crippen LogP contribution is -2.18. The van der Waals surface area contributed by atoms with E-state index in [1.807, 2.05) is 25.1 Å². The number of hydrogen-bond donors (Lipinski definition) is 1. The second-order valence-corrected chi connectivity index (χ2v) is 5.87. The number of aryl methyl sites for hydroxylation is 1. The molecule has 0 bridgehead atoms. The van der Waals surface area contributed by atoms with E-state index in [-0.39, 0.29) is 0 Å². The van der Waals surface area contributed by atoms with Crippen molar-refractivity contribution < 1.29 is 4.74 Å². The van der Waals surface area contributed by atoms with Crippen LogP contribution in [-0.2, 0) is 11.3 Å². The summed E-state index contributed by atoms with van der Waals surface area (Å²) in [5.41, 5.74) is 2.08. The lowest BCUT2D eigenvalue weighted by atomic mass is 10.2. The summed E-state index contributed by atoms with van der Waals surface area (Å²) in [6.45, 7) is 4.17. The van der Waals surface area contributed by atoms with Crippen molar-refractivity contribution in [3.63, 3.8) is 0 Å². The van der Waals surface area contributed by atoms with Crippen LogP contribution in [0.15, 0.2) is 40.5 Å². The Morgan fingerprint density at radius 3 is 2.95 bits per heavy atom. The van der Waals surface area contributed by atoms with Crippen LogP contribution in [0.4, 0.5) is 0 Å². The Bertz CT molecular complexity index is 595. The average Bonchev–Trinajstić information content (AvgIpc) is 2.47. The van der Waals surface area contributed by atoms with Gasteiger partial charge in [0.05, 0.1) is 11.6 Å². The van der Waals surface area contributed by atoms with Crippen LogP contribution in [0.25, 0.3) is 0 Å². The van der Waals surface area contributed by atoms with Crippen molar-refractivity contribution >= 4 is 23.4 Å². The van der Waals surface area contributed by atoms with Gasteiger partial charge in [-0.25, -0.2) is 9.97 Å². The van der Waals surface area contributed by atoms with Crippen molar-refractivity contribution in [2.75, 3.05) is 20.3 Å². The molecule has 0 unspecified atom stereocenters. The lowest BCUT2D eigenvalue weighted by Gasteiger charge is -2.11. The number of halogens is 1. The van der Waals surface area contributed by atoms with Crippen LogP contribution < -0.4 is 5.32 Å². The molecule has 0 fully saturated rings. The molecule has 0 aliphatic rings. The second kappa shape index (κ2) is 8.34. The van der Waals surface area contributed by atoms with E-state index in [4.69, 9.17) is 16.3 Å². The fourth-order valence-electron chi connectivity index (χ4n) is 1.77. The van der Waals surface area contributed by atoms with E-state index in [9.17, 15) is 0 Å². The highest BCUT2D eigenvalue weighted by atomic mass is 35.5. The standard InChI is InChI=1S/C15H18ClN3OS/c1-11-6-7-18-15(19-11)21-14-12(4-3-5-13(14)16)10-17-8-9-20-2/h3-7,17H,8-10H2,1-2H3. The zero-order valence-corrected chi connectivity index (χ0v) is 13.7. The van der Waals surface area contributed by atoms with Crippen molar-refractivity contribution in [1.82, 2.24) is 15.3 Å². The Morgan fingerprint density at radius 1 is 1.33 bits per heavy atom. The number of rotatable bonds is 7. The zero-order valence-electron chi connectivity index (χ0n) is 12.1. The molecule has 0 amide bonds. The van der Waals surface area contributed by atoms with Crippen LogP contribution in [0.1, 0.15) is 11.3 Å². The van der Waals surface area contributed by atoms with Gasteiger partial charge in [-0.3, -0.25) is 0 Å². The van der Waals surface area contributed by atoms with Crippen LogP contribution >= 0.6 is 23.4 Å². The van der Waals surface area contributed by atoms with Crippen molar-refractivity contribution in [3.05, 3.63) is 46.7 Å². The molecular formula is C15H18ClN3OS. The third kappa shape index (κ3) is 4.97. The van der Waals surface area contributed by atoms with Gasteiger partial charge in [0.25, 0.3) is 0 Å². The van der Waals surface area contributed by atoms with Gasteiger partial charge in [-0.05, 0) is 36.4 Å². The van der Waals surface area contributed by atoms with Gasteiger partial charge in [0.1, 0.15) is 0 Å². The quantitative estimate of drug-likeness (QED) is 0.625. The van der Waals surface area contributed by atoms with E-state index in [0.29, 0.717) is 11.8 Å². The first kappa shape index (κ1) is 16.2. The smallest absolute Gasteiger partial charge is 0.192 e. The van der Waals surface area contributed by atoms with Crippen molar-refractivity contribution in [2.45, 2.75) is 23.5 Å². The SMILES string of the molecule is COCCNCc1cccc(Cl)c1Sc1nccc(C)n1. The predicted octanol–water partition coefficient (Wildman–Crippen LogP) is 3.33. The molecule has 0 aliphatic heterocycles. The Labute approximate surface area is 134 Å². The van der Waals surface area contributed by atoms with E-state index in [2.05, 4.69) is 21.4 Å². The molecule has 1 N–H and O–H groups in total. The molecule has 1 heterocycles. The van der Waals surface area contributed by atoms with E-state index >= 15 is 0 Å². The van der Waals surface area contributed by atoms with Gasteiger partial charge in [-0.15, -0.1) is 0 Å². The number of methoxy groups -OCH3 is 1. The summed E-state index contributed by atoms with van der Waals surface area (Å²) in [5.74, 6) is 0. The molecule has 21 heavy (non-hydrogen) atoms. The minimum absolute atomic E-state index is 0.685. The van der Waals surface area contributed by atoms with Gasteiger partial charge in [0.2, 0.25) is 0 Å². The Hall–Kier alpha value is -1.14. The van der Waals surface area contributed by atoms with Gasteiger partial charge in [0.15, 0.2) is 5.16 Å². The van der Waals surface area contributed by atoms with Crippen LogP contribution in [0.3, 0.4) is 0 Å². The molecule has 1 aromatic carbocycles. The summed E-state index contributed by atoms with van der Waals surface area (Å²) < 4.78 is 5.03. The van der Waals surface area contributed by atoms with E-state index in [1.165, 1.54) is 11.8 Å². The van der Waals surface area contributed by atoms with Crippen LogP contribution in [0, 0.1) is 6.92 Å². The summed E-state index contributed by atoms with van der Waals surface area (Å²) in [5, 5.41) is 4.76. The Kier molecular flexibility index (Phi) is 6.45. The minimum Gasteiger partial charge on any atom is -0.383 e. The topological polar surface area (TPSA) is 47.0 Å². The maximum atomic E-state index is 6.33. The molecule has 0 spiro atoms. The number of nitrogens with zero attached hydrogens (tertiary/aromatic N) is 2. The first-order valence-corrected chi connectivity index (χ1v) is 7.84. The number of hydrogen-bond acceptors (Lipinski definition) is 5. The number of nitrogens with one attached hydrogen (secondary N) is 1. The third-order valence-corrected chi connectivity index (χ3v) is 4.31. The zero-order chi connectivity index (χ0) is 15.1. The predicted molar refractivity (Wildman–Crippen MR) is 85.9 cm³/mol. The Morgan fingerprint density at radius 2 is 2.19 bits per heavy atom. The second-order valence-electron chi connectivity index (χ2n) is 4.48. The number of aromatic nitrogens is 2. The summed E-state index contributed by atoms with van der Waals surface area (Å²) in [6, 6.07) is 7.78. The summed E-state index contributed by atoms with van der Waals surface area (Å²) in [6.07, 6.45) is 1.76. The van der Waals surface area contributed by atoms with Crippen molar-refractivity contribution in [3.8, 4) is 0 Å². The van der Waals surface area contributed by atoms with E-state index in [0.717, 1.165) is 34.3 Å². The molecule has 2 rings (SSSR count). The molecule has 2 aromatic rings. The van der Waals surface area contributed by atoms with E-state index < -0.39 is 0 Å². The van der Waals surface area contributed by atoms with Gasteiger partial charge in [-0.2, -0.15) is 0 Å². The first-order valence-electron chi connectivity index (χ1n) is 6.65. The van der Waals surface area contributed by atoms with Crippen molar-refractivity contribution in [1.29, 1.82) is 0 Å². The van der Waals surface area contributed by atoms with Crippen LogP contribution in [-0.4, -0.2) is 30.2 Å². The van der Waals surface area contributed by atoms with Gasteiger partial charge in [0, 0.05) is 37.0 Å².